The number of likely N-dealkylation sites (tertiary alicyclic amines) is 1. The number of nitrogens with zero attached hydrogens (tertiary/aromatic N) is 3. The second-order valence-electron chi connectivity index (χ2n) is 8.33. The molecule has 3 aromatic rings. The predicted octanol–water partition coefficient (Wildman–Crippen LogP) is 4.92. The van der Waals surface area contributed by atoms with Crippen LogP contribution in [0.1, 0.15) is 58.7 Å². The minimum Gasteiger partial charge on any atom is -0.493 e. The Morgan fingerprint density at radius 2 is 1.88 bits per heavy atom. The first-order valence-electron chi connectivity index (χ1n) is 11.6. The standard InChI is InChI=1S/C27H31N3O3/c1-3-33-25-14-8-7-13-24(25)27(31)30-15-9-12-22(17-30)26-23(16-28-20(2)29-26)19-32-18-21-10-5-4-6-11-21/h4-8,10-11,13-14,16,22H,3,9,12,15,17-19H2,1-2H3. The van der Waals surface area contributed by atoms with Gasteiger partial charge in [-0.2, -0.15) is 0 Å². The number of hydrogen-bond donors (Lipinski definition) is 0. The van der Waals surface area contributed by atoms with E-state index in [1.807, 2.05) is 67.4 Å². The third kappa shape index (κ3) is 5.76. The molecule has 4 rings (SSSR count). The summed E-state index contributed by atoms with van der Waals surface area (Å²) in [6.07, 6.45) is 3.79. The van der Waals surface area contributed by atoms with Crippen LogP contribution in [-0.4, -0.2) is 40.5 Å². The molecule has 33 heavy (non-hydrogen) atoms. The van der Waals surface area contributed by atoms with Crippen LogP contribution in [0.15, 0.2) is 60.8 Å². The first-order valence-corrected chi connectivity index (χ1v) is 11.6. The summed E-state index contributed by atoms with van der Waals surface area (Å²) in [5.74, 6) is 1.54. The molecule has 2 heterocycles. The van der Waals surface area contributed by atoms with E-state index in [9.17, 15) is 4.79 Å². The quantitative estimate of drug-likeness (QED) is 0.492. The van der Waals surface area contributed by atoms with Crippen molar-refractivity contribution in [2.45, 2.75) is 45.8 Å². The van der Waals surface area contributed by atoms with Crippen LogP contribution in [0.25, 0.3) is 0 Å². The van der Waals surface area contributed by atoms with Gasteiger partial charge in [0.05, 0.1) is 31.1 Å². The maximum Gasteiger partial charge on any atom is 0.257 e. The zero-order valence-corrected chi connectivity index (χ0v) is 19.4. The Bertz CT molecular complexity index is 1070. The molecule has 6 heteroatoms. The summed E-state index contributed by atoms with van der Waals surface area (Å²) >= 11 is 0. The molecule has 0 bridgehead atoms. The maximum atomic E-state index is 13.3. The molecule has 1 atom stereocenters. The highest BCUT2D eigenvalue weighted by Crippen LogP contribution is 2.30. The number of ether oxygens (including phenoxy) is 2. The van der Waals surface area contributed by atoms with Crippen molar-refractivity contribution in [3.05, 3.63) is 89.0 Å². The molecule has 0 aliphatic carbocycles. The van der Waals surface area contributed by atoms with Gasteiger partial charge in [-0.05, 0) is 44.4 Å². The summed E-state index contributed by atoms with van der Waals surface area (Å²) in [5.41, 5.74) is 3.73. The summed E-state index contributed by atoms with van der Waals surface area (Å²) < 4.78 is 11.7. The number of carbonyl (C=O) groups excluding carboxylic acids is 1. The van der Waals surface area contributed by atoms with Crippen LogP contribution < -0.4 is 4.74 Å². The molecular weight excluding hydrogens is 414 g/mol. The van der Waals surface area contributed by atoms with Crippen LogP contribution in [0.3, 0.4) is 0 Å². The van der Waals surface area contributed by atoms with Crippen molar-refractivity contribution >= 4 is 5.91 Å². The lowest BCUT2D eigenvalue weighted by atomic mass is 9.91. The number of carbonyl (C=O) groups is 1. The van der Waals surface area contributed by atoms with E-state index in [1.165, 1.54) is 0 Å². The van der Waals surface area contributed by atoms with Gasteiger partial charge in [-0.25, -0.2) is 9.97 Å². The van der Waals surface area contributed by atoms with Crippen molar-refractivity contribution in [2.24, 2.45) is 0 Å². The van der Waals surface area contributed by atoms with Gasteiger partial charge in [0.15, 0.2) is 0 Å². The minimum absolute atomic E-state index is 0.0106. The molecule has 2 aromatic carbocycles. The van der Waals surface area contributed by atoms with E-state index in [1.54, 1.807) is 0 Å². The first kappa shape index (κ1) is 22.9. The average Bonchev–Trinajstić information content (AvgIpc) is 2.86. The van der Waals surface area contributed by atoms with Crippen LogP contribution >= 0.6 is 0 Å². The summed E-state index contributed by atoms with van der Waals surface area (Å²) in [6, 6.07) is 17.6. The number of para-hydroxylation sites is 1. The van der Waals surface area contributed by atoms with Crippen molar-refractivity contribution in [1.29, 1.82) is 0 Å². The number of aryl methyl sites for hydroxylation is 1. The predicted molar refractivity (Wildman–Crippen MR) is 127 cm³/mol. The van der Waals surface area contributed by atoms with Crippen molar-refractivity contribution in [2.75, 3.05) is 19.7 Å². The molecule has 1 unspecified atom stereocenters. The van der Waals surface area contributed by atoms with Gasteiger partial charge in [-0.1, -0.05) is 42.5 Å². The number of benzene rings is 2. The molecule has 1 amide bonds. The first-order chi connectivity index (χ1) is 16.2. The SMILES string of the molecule is CCOc1ccccc1C(=O)N1CCCC(c2nc(C)ncc2COCc2ccccc2)C1. The second-order valence-corrected chi connectivity index (χ2v) is 8.33. The molecule has 0 radical (unpaired) electrons. The lowest BCUT2D eigenvalue weighted by Gasteiger charge is -2.33. The van der Waals surface area contributed by atoms with E-state index >= 15 is 0 Å². The normalized spacial score (nSPS) is 15.9. The van der Waals surface area contributed by atoms with Gasteiger partial charge in [-0.15, -0.1) is 0 Å². The summed E-state index contributed by atoms with van der Waals surface area (Å²) in [5, 5.41) is 0. The van der Waals surface area contributed by atoms with E-state index in [0.29, 0.717) is 37.7 Å². The maximum absolute atomic E-state index is 13.3. The Morgan fingerprint density at radius 1 is 1.09 bits per heavy atom. The van der Waals surface area contributed by atoms with Crippen molar-refractivity contribution in [3.8, 4) is 5.75 Å². The smallest absolute Gasteiger partial charge is 0.257 e. The van der Waals surface area contributed by atoms with E-state index < -0.39 is 0 Å². The van der Waals surface area contributed by atoms with E-state index in [0.717, 1.165) is 42.0 Å². The van der Waals surface area contributed by atoms with Gasteiger partial charge in [0.1, 0.15) is 11.6 Å². The van der Waals surface area contributed by atoms with Gasteiger partial charge in [-0.3, -0.25) is 4.79 Å². The van der Waals surface area contributed by atoms with Crippen LogP contribution in [0.4, 0.5) is 0 Å². The van der Waals surface area contributed by atoms with Crippen molar-refractivity contribution in [3.63, 3.8) is 0 Å². The topological polar surface area (TPSA) is 64.5 Å². The zero-order valence-electron chi connectivity index (χ0n) is 19.4. The van der Waals surface area contributed by atoms with E-state index in [2.05, 4.69) is 17.1 Å². The lowest BCUT2D eigenvalue weighted by Crippen LogP contribution is -2.39. The Morgan fingerprint density at radius 3 is 2.70 bits per heavy atom. The zero-order chi connectivity index (χ0) is 23.0. The van der Waals surface area contributed by atoms with Crippen LogP contribution in [0, 0.1) is 6.92 Å². The van der Waals surface area contributed by atoms with Crippen molar-refractivity contribution < 1.29 is 14.3 Å². The number of aromatic nitrogens is 2. The van der Waals surface area contributed by atoms with Crippen LogP contribution in [0.5, 0.6) is 5.75 Å². The molecule has 1 fully saturated rings. The Labute approximate surface area is 195 Å². The van der Waals surface area contributed by atoms with Gasteiger partial charge in [0.2, 0.25) is 0 Å². The third-order valence-corrected chi connectivity index (χ3v) is 5.90. The lowest BCUT2D eigenvalue weighted by molar-refractivity contribution is 0.0699. The number of rotatable bonds is 8. The summed E-state index contributed by atoms with van der Waals surface area (Å²) in [7, 11) is 0. The highest BCUT2D eigenvalue weighted by molar-refractivity contribution is 5.97. The fourth-order valence-electron chi connectivity index (χ4n) is 4.31. The molecule has 0 saturated carbocycles. The molecule has 1 aromatic heterocycles. The molecular formula is C27H31N3O3. The highest BCUT2D eigenvalue weighted by Gasteiger charge is 2.29. The monoisotopic (exact) mass is 445 g/mol. The number of amides is 1. The second kappa shape index (κ2) is 11.1. The third-order valence-electron chi connectivity index (χ3n) is 5.90. The van der Waals surface area contributed by atoms with E-state index in [-0.39, 0.29) is 11.8 Å². The van der Waals surface area contributed by atoms with Crippen molar-refractivity contribution in [1.82, 2.24) is 14.9 Å². The fourth-order valence-corrected chi connectivity index (χ4v) is 4.31. The van der Waals surface area contributed by atoms with Gasteiger partial charge in [0, 0.05) is 30.8 Å². The largest absolute Gasteiger partial charge is 0.493 e. The number of piperidine rings is 1. The molecule has 0 spiro atoms. The summed E-state index contributed by atoms with van der Waals surface area (Å²) in [4.78, 5) is 24.5. The van der Waals surface area contributed by atoms with E-state index in [4.69, 9.17) is 14.5 Å². The Hall–Kier alpha value is -3.25. The molecule has 1 saturated heterocycles. The van der Waals surface area contributed by atoms with Gasteiger partial charge >= 0.3 is 0 Å². The average molecular weight is 446 g/mol. The van der Waals surface area contributed by atoms with Gasteiger partial charge < -0.3 is 14.4 Å². The highest BCUT2D eigenvalue weighted by atomic mass is 16.5. The number of hydrogen-bond acceptors (Lipinski definition) is 5. The molecule has 0 N–H and O–H groups in total. The van der Waals surface area contributed by atoms with Crippen LogP contribution in [-0.2, 0) is 18.0 Å². The Kier molecular flexibility index (Phi) is 7.68. The fraction of sp³-hybridized carbons (Fsp3) is 0.370. The Balaban J connectivity index is 1.48. The molecule has 172 valence electrons. The van der Waals surface area contributed by atoms with Crippen LogP contribution in [0.2, 0.25) is 0 Å². The molecule has 1 aliphatic rings. The minimum atomic E-state index is 0.0106. The molecule has 1 aliphatic heterocycles. The molecule has 6 nitrogen and oxygen atoms in total. The van der Waals surface area contributed by atoms with Gasteiger partial charge in [0.25, 0.3) is 5.91 Å². The summed E-state index contributed by atoms with van der Waals surface area (Å²) in [6.45, 7) is 6.71.